The fourth-order valence-corrected chi connectivity index (χ4v) is 2.81. The van der Waals surface area contributed by atoms with Crippen LogP contribution < -0.4 is 10.6 Å². The van der Waals surface area contributed by atoms with Gasteiger partial charge in [-0.25, -0.2) is 0 Å². The smallest absolute Gasteiger partial charge is 0.294 e. The lowest BCUT2D eigenvalue weighted by Gasteiger charge is -2.35. The van der Waals surface area contributed by atoms with E-state index in [4.69, 9.17) is 11.6 Å². The highest BCUT2D eigenvalue weighted by molar-refractivity contribution is 6.31. The van der Waals surface area contributed by atoms with Gasteiger partial charge in [0.2, 0.25) is 5.91 Å². The molecule has 1 fully saturated rings. The lowest BCUT2D eigenvalue weighted by atomic mass is 9.77. The van der Waals surface area contributed by atoms with Crippen molar-refractivity contribution in [2.24, 2.45) is 5.41 Å². The highest BCUT2D eigenvalue weighted by atomic mass is 35.5. The van der Waals surface area contributed by atoms with Crippen LogP contribution in [0.15, 0.2) is 18.2 Å². The van der Waals surface area contributed by atoms with Crippen molar-refractivity contribution in [3.63, 3.8) is 0 Å². The van der Waals surface area contributed by atoms with Crippen LogP contribution in [-0.4, -0.2) is 23.9 Å². The van der Waals surface area contributed by atoms with E-state index in [1.165, 1.54) is 18.2 Å². The summed E-state index contributed by atoms with van der Waals surface area (Å²) in [4.78, 5) is 23.1. The molecule has 6 nitrogen and oxygen atoms in total. The van der Waals surface area contributed by atoms with E-state index in [-0.39, 0.29) is 22.3 Å². The Morgan fingerprint density at radius 1 is 1.57 bits per heavy atom. The minimum atomic E-state index is -0.542. The maximum absolute atomic E-state index is 12.6. The molecule has 1 aromatic carbocycles. The number of hydrogen-bond donors (Lipinski definition) is 2. The van der Waals surface area contributed by atoms with Crippen molar-refractivity contribution in [2.45, 2.75) is 26.2 Å². The summed E-state index contributed by atoms with van der Waals surface area (Å²) in [5, 5.41) is 17.3. The van der Waals surface area contributed by atoms with Gasteiger partial charge in [0.1, 0.15) is 5.69 Å². The average molecular weight is 312 g/mol. The first kappa shape index (κ1) is 15.7. The maximum atomic E-state index is 12.6. The number of halogens is 1. The molecule has 1 atom stereocenters. The van der Waals surface area contributed by atoms with E-state index in [2.05, 4.69) is 10.6 Å². The molecule has 1 unspecified atom stereocenters. The Balaban J connectivity index is 2.24. The van der Waals surface area contributed by atoms with Gasteiger partial charge in [-0.15, -0.1) is 0 Å². The van der Waals surface area contributed by atoms with Crippen LogP contribution in [0, 0.1) is 15.5 Å². The van der Waals surface area contributed by atoms with Gasteiger partial charge in [0.05, 0.1) is 10.3 Å². The number of carbonyl (C=O) groups excluding carboxylic acids is 1. The molecular weight excluding hydrogens is 294 g/mol. The second-order valence-electron chi connectivity index (χ2n) is 5.29. The van der Waals surface area contributed by atoms with Gasteiger partial charge in [-0.3, -0.25) is 14.9 Å². The zero-order valence-corrected chi connectivity index (χ0v) is 12.6. The summed E-state index contributed by atoms with van der Waals surface area (Å²) in [5.74, 6) is -0.178. The van der Waals surface area contributed by atoms with Crippen molar-refractivity contribution < 1.29 is 9.72 Å². The maximum Gasteiger partial charge on any atom is 0.294 e. The van der Waals surface area contributed by atoms with E-state index in [0.29, 0.717) is 13.0 Å². The van der Waals surface area contributed by atoms with Crippen LogP contribution in [0.25, 0.3) is 0 Å². The summed E-state index contributed by atoms with van der Waals surface area (Å²) in [6.07, 6.45) is 2.39. The van der Waals surface area contributed by atoms with Crippen LogP contribution >= 0.6 is 11.6 Å². The Labute approximate surface area is 128 Å². The Kier molecular flexibility index (Phi) is 4.80. The molecule has 21 heavy (non-hydrogen) atoms. The molecule has 1 saturated heterocycles. The lowest BCUT2D eigenvalue weighted by Crippen LogP contribution is -2.47. The summed E-state index contributed by atoms with van der Waals surface area (Å²) in [6.45, 7) is 3.45. The molecule has 0 radical (unpaired) electrons. The highest BCUT2D eigenvalue weighted by Crippen LogP contribution is 2.34. The van der Waals surface area contributed by atoms with Crippen LogP contribution in [0.2, 0.25) is 5.02 Å². The number of piperidine rings is 1. The second kappa shape index (κ2) is 6.41. The Bertz CT molecular complexity index is 556. The molecule has 7 heteroatoms. The Morgan fingerprint density at radius 2 is 2.33 bits per heavy atom. The predicted octanol–water partition coefficient (Wildman–Crippen LogP) is 2.97. The molecular formula is C14H18ClN3O3. The summed E-state index contributed by atoms with van der Waals surface area (Å²) in [7, 11) is 0. The van der Waals surface area contributed by atoms with E-state index >= 15 is 0 Å². The van der Waals surface area contributed by atoms with Crippen molar-refractivity contribution in [1.29, 1.82) is 0 Å². The molecule has 0 spiro atoms. The van der Waals surface area contributed by atoms with Crippen molar-refractivity contribution >= 4 is 28.9 Å². The predicted molar refractivity (Wildman–Crippen MR) is 81.6 cm³/mol. The Hall–Kier alpha value is -1.66. The lowest BCUT2D eigenvalue weighted by molar-refractivity contribution is -0.383. The second-order valence-corrected chi connectivity index (χ2v) is 5.72. The largest absolute Gasteiger partial charge is 0.320 e. The van der Waals surface area contributed by atoms with Crippen LogP contribution in [0.5, 0.6) is 0 Å². The first-order valence-electron chi connectivity index (χ1n) is 6.94. The summed E-state index contributed by atoms with van der Waals surface area (Å²) in [6, 6.07) is 4.24. The van der Waals surface area contributed by atoms with Crippen molar-refractivity contribution in [1.82, 2.24) is 5.32 Å². The standard InChI is InChI=1S/C14H18ClN3O3/c1-2-14(6-3-7-16-9-14)13(19)17-11-5-4-10(15)8-12(11)18(20)21/h4-5,8,16H,2-3,6-7,9H2,1H3,(H,17,19). The fraction of sp³-hybridized carbons (Fsp3) is 0.500. The molecule has 1 amide bonds. The summed E-state index contributed by atoms with van der Waals surface area (Å²) in [5.41, 5.74) is -0.509. The first-order chi connectivity index (χ1) is 9.98. The number of amides is 1. The topological polar surface area (TPSA) is 84.3 Å². The van der Waals surface area contributed by atoms with E-state index in [9.17, 15) is 14.9 Å². The number of hydrogen-bond acceptors (Lipinski definition) is 4. The monoisotopic (exact) mass is 311 g/mol. The van der Waals surface area contributed by atoms with Crippen LogP contribution in [-0.2, 0) is 4.79 Å². The van der Waals surface area contributed by atoms with Gasteiger partial charge in [-0.1, -0.05) is 18.5 Å². The number of nitro groups is 1. The highest BCUT2D eigenvalue weighted by Gasteiger charge is 2.38. The van der Waals surface area contributed by atoms with Crippen LogP contribution in [0.3, 0.4) is 0 Å². The van der Waals surface area contributed by atoms with Gasteiger partial charge in [-0.2, -0.15) is 0 Å². The third-order valence-electron chi connectivity index (χ3n) is 4.04. The third-order valence-corrected chi connectivity index (χ3v) is 4.27. The van der Waals surface area contributed by atoms with Gasteiger partial charge in [-0.05, 0) is 37.9 Å². The Morgan fingerprint density at radius 3 is 2.90 bits per heavy atom. The third kappa shape index (κ3) is 3.33. The zero-order valence-electron chi connectivity index (χ0n) is 11.8. The van der Waals surface area contributed by atoms with Gasteiger partial charge >= 0.3 is 0 Å². The van der Waals surface area contributed by atoms with Crippen LogP contribution in [0.4, 0.5) is 11.4 Å². The number of rotatable bonds is 4. The molecule has 2 rings (SSSR count). The molecule has 1 aliphatic heterocycles. The van der Waals surface area contributed by atoms with Crippen LogP contribution in [0.1, 0.15) is 26.2 Å². The van der Waals surface area contributed by atoms with E-state index in [0.717, 1.165) is 19.4 Å². The van der Waals surface area contributed by atoms with Crippen molar-refractivity contribution in [3.05, 3.63) is 33.3 Å². The van der Waals surface area contributed by atoms with E-state index in [1.54, 1.807) is 0 Å². The molecule has 0 saturated carbocycles. The van der Waals surface area contributed by atoms with Gasteiger partial charge < -0.3 is 10.6 Å². The first-order valence-corrected chi connectivity index (χ1v) is 7.32. The average Bonchev–Trinajstić information content (AvgIpc) is 2.49. The quantitative estimate of drug-likeness (QED) is 0.661. The zero-order chi connectivity index (χ0) is 15.5. The minimum Gasteiger partial charge on any atom is -0.320 e. The molecule has 0 bridgehead atoms. The molecule has 1 aromatic rings. The summed E-state index contributed by atoms with van der Waals surface area (Å²) < 4.78 is 0. The number of carbonyl (C=O) groups is 1. The van der Waals surface area contributed by atoms with E-state index < -0.39 is 10.3 Å². The molecule has 0 aromatic heterocycles. The number of benzene rings is 1. The minimum absolute atomic E-state index is 0.178. The fourth-order valence-electron chi connectivity index (χ4n) is 2.64. The van der Waals surface area contributed by atoms with Gasteiger partial charge in [0, 0.05) is 17.6 Å². The molecule has 114 valence electrons. The van der Waals surface area contributed by atoms with Crippen molar-refractivity contribution in [3.8, 4) is 0 Å². The number of nitrogens with one attached hydrogen (secondary N) is 2. The SMILES string of the molecule is CCC1(C(=O)Nc2ccc(Cl)cc2[N+](=O)[O-])CCCNC1. The number of anilines is 1. The van der Waals surface area contributed by atoms with Gasteiger partial charge in [0.15, 0.2) is 0 Å². The molecule has 0 aliphatic carbocycles. The number of nitro benzene ring substituents is 1. The normalized spacial score (nSPS) is 21.8. The summed E-state index contributed by atoms with van der Waals surface area (Å²) >= 11 is 5.77. The molecule has 2 N–H and O–H groups in total. The number of nitrogens with zero attached hydrogens (tertiary/aromatic N) is 1. The molecule has 1 aliphatic rings. The molecule has 1 heterocycles. The van der Waals surface area contributed by atoms with Crippen molar-refractivity contribution in [2.75, 3.05) is 18.4 Å². The van der Waals surface area contributed by atoms with Gasteiger partial charge in [0.25, 0.3) is 5.69 Å². The van der Waals surface area contributed by atoms with E-state index in [1.807, 2.05) is 6.92 Å².